The minimum absolute atomic E-state index is 0.302. The van der Waals surface area contributed by atoms with Crippen LogP contribution in [0, 0.1) is 27.7 Å². The van der Waals surface area contributed by atoms with Gasteiger partial charge < -0.3 is 10.5 Å². The number of sulfone groups is 1. The predicted molar refractivity (Wildman–Crippen MR) is 91.6 cm³/mol. The summed E-state index contributed by atoms with van der Waals surface area (Å²) in [4.78, 5) is 0.302. The second-order valence-electron chi connectivity index (χ2n) is 6.24. The molecule has 122 valence electrons. The van der Waals surface area contributed by atoms with Crippen molar-refractivity contribution in [1.82, 2.24) is 0 Å². The molecule has 3 rings (SSSR count). The second kappa shape index (κ2) is 5.27. The second-order valence-corrected chi connectivity index (χ2v) is 8.26. The van der Waals surface area contributed by atoms with Gasteiger partial charge in [-0.15, -0.1) is 0 Å². The Hall–Kier alpha value is -2.01. The van der Waals surface area contributed by atoms with Gasteiger partial charge >= 0.3 is 0 Å². The van der Waals surface area contributed by atoms with Crippen molar-refractivity contribution in [2.45, 2.75) is 44.4 Å². The lowest BCUT2D eigenvalue weighted by Gasteiger charge is -2.18. The van der Waals surface area contributed by atoms with Crippen molar-refractivity contribution < 1.29 is 13.2 Å². The monoisotopic (exact) mass is 331 g/mol. The highest BCUT2D eigenvalue weighted by Gasteiger charge is 2.38. The first-order valence-electron chi connectivity index (χ1n) is 7.58. The van der Waals surface area contributed by atoms with Gasteiger partial charge in [0.25, 0.3) is 0 Å². The van der Waals surface area contributed by atoms with E-state index in [4.69, 9.17) is 10.5 Å². The summed E-state index contributed by atoms with van der Waals surface area (Å²) in [6.07, 6.45) is 0.367. The quantitative estimate of drug-likeness (QED) is 0.858. The minimum Gasteiger partial charge on any atom is -0.473 e. The maximum absolute atomic E-state index is 13.1. The Bertz CT molecular complexity index is 901. The number of aryl methyl sites for hydroxylation is 3. The molecule has 4 nitrogen and oxygen atoms in total. The van der Waals surface area contributed by atoms with Crippen molar-refractivity contribution in [3.8, 4) is 5.75 Å². The standard InChI is InChI=1S/C18H21NO3S/c1-10-6-5-7-14-9-15(22-17(10)14)23(20,21)18-12(3)8-11(2)16(19)13(18)4/h5-8,15H,9,19H2,1-4H3. The highest BCUT2D eigenvalue weighted by Crippen LogP contribution is 2.38. The van der Waals surface area contributed by atoms with E-state index in [1.807, 2.05) is 38.1 Å². The zero-order valence-corrected chi connectivity index (χ0v) is 14.6. The van der Waals surface area contributed by atoms with Crippen LogP contribution in [0.4, 0.5) is 5.69 Å². The van der Waals surface area contributed by atoms with Gasteiger partial charge in [0.2, 0.25) is 15.3 Å². The van der Waals surface area contributed by atoms with E-state index >= 15 is 0 Å². The summed E-state index contributed by atoms with van der Waals surface area (Å²) in [7, 11) is -3.63. The number of anilines is 1. The van der Waals surface area contributed by atoms with Crippen LogP contribution in [0.15, 0.2) is 29.2 Å². The summed E-state index contributed by atoms with van der Waals surface area (Å²) >= 11 is 0. The molecular formula is C18H21NO3S. The molecule has 0 amide bonds. The lowest BCUT2D eigenvalue weighted by atomic mass is 10.1. The fourth-order valence-electron chi connectivity index (χ4n) is 3.32. The van der Waals surface area contributed by atoms with Crippen molar-refractivity contribution in [2.75, 3.05) is 5.73 Å². The average molecular weight is 331 g/mol. The summed E-state index contributed by atoms with van der Waals surface area (Å²) < 4.78 is 32.1. The lowest BCUT2D eigenvalue weighted by Crippen LogP contribution is -2.27. The van der Waals surface area contributed by atoms with E-state index in [2.05, 4.69) is 0 Å². The van der Waals surface area contributed by atoms with Gasteiger partial charge in [-0.2, -0.15) is 0 Å². The zero-order valence-electron chi connectivity index (χ0n) is 13.8. The Labute approximate surface area is 137 Å². The van der Waals surface area contributed by atoms with Gasteiger partial charge in [-0.1, -0.05) is 24.3 Å². The molecule has 1 aliphatic rings. The molecule has 0 spiro atoms. The average Bonchev–Trinajstić information content (AvgIpc) is 2.91. The molecule has 0 saturated heterocycles. The molecule has 0 saturated carbocycles. The van der Waals surface area contributed by atoms with Crippen LogP contribution in [-0.4, -0.2) is 13.9 Å². The van der Waals surface area contributed by atoms with Crippen molar-refractivity contribution >= 4 is 15.5 Å². The van der Waals surface area contributed by atoms with Gasteiger partial charge in [0.15, 0.2) is 0 Å². The van der Waals surface area contributed by atoms with Crippen molar-refractivity contribution in [3.63, 3.8) is 0 Å². The number of hydrogen-bond donors (Lipinski definition) is 1. The third kappa shape index (κ3) is 2.39. The molecule has 2 N–H and O–H groups in total. The van der Waals surface area contributed by atoms with E-state index in [1.54, 1.807) is 13.8 Å². The van der Waals surface area contributed by atoms with E-state index in [-0.39, 0.29) is 0 Å². The van der Waals surface area contributed by atoms with Gasteiger partial charge in [0.1, 0.15) is 5.75 Å². The summed E-state index contributed by atoms with van der Waals surface area (Å²) in [6.45, 7) is 7.38. The number of nitrogen functional groups attached to an aromatic ring is 1. The molecular weight excluding hydrogens is 310 g/mol. The minimum atomic E-state index is -3.63. The molecule has 0 fully saturated rings. The molecule has 1 aliphatic heterocycles. The Morgan fingerprint density at radius 3 is 2.43 bits per heavy atom. The molecule has 1 atom stereocenters. The molecule has 23 heavy (non-hydrogen) atoms. The number of hydrogen-bond acceptors (Lipinski definition) is 4. The highest BCUT2D eigenvalue weighted by molar-refractivity contribution is 7.92. The molecule has 1 heterocycles. The van der Waals surface area contributed by atoms with E-state index < -0.39 is 15.3 Å². The number of rotatable bonds is 2. The number of benzene rings is 2. The molecule has 5 heteroatoms. The van der Waals surface area contributed by atoms with Crippen molar-refractivity contribution in [3.05, 3.63) is 52.1 Å². The highest BCUT2D eigenvalue weighted by atomic mass is 32.2. The number of fused-ring (bicyclic) bond motifs is 1. The Balaban J connectivity index is 2.09. The van der Waals surface area contributed by atoms with Crippen molar-refractivity contribution in [2.24, 2.45) is 0 Å². The van der Waals surface area contributed by atoms with E-state index in [0.717, 1.165) is 16.7 Å². The zero-order chi connectivity index (χ0) is 16.9. The predicted octanol–water partition coefficient (Wildman–Crippen LogP) is 3.24. The van der Waals surface area contributed by atoms with Crippen LogP contribution in [-0.2, 0) is 16.3 Å². The summed E-state index contributed by atoms with van der Waals surface area (Å²) in [5.41, 5.74) is 9.80. The van der Waals surface area contributed by atoms with Gasteiger partial charge in [-0.25, -0.2) is 8.42 Å². The van der Waals surface area contributed by atoms with Gasteiger partial charge in [0, 0.05) is 12.1 Å². The SMILES string of the molecule is Cc1cc(C)c(S(=O)(=O)C2Cc3cccc(C)c3O2)c(C)c1N. The molecule has 0 radical (unpaired) electrons. The van der Waals surface area contributed by atoms with E-state index in [1.165, 1.54) is 0 Å². The van der Waals surface area contributed by atoms with Crippen molar-refractivity contribution in [1.29, 1.82) is 0 Å². The van der Waals surface area contributed by atoms with Gasteiger partial charge in [-0.05, 0) is 55.5 Å². The van der Waals surface area contributed by atoms with Crippen LogP contribution in [0.5, 0.6) is 5.75 Å². The Morgan fingerprint density at radius 1 is 1.09 bits per heavy atom. The van der Waals surface area contributed by atoms with Crippen LogP contribution >= 0.6 is 0 Å². The fraction of sp³-hybridized carbons (Fsp3) is 0.333. The summed E-state index contributed by atoms with van der Waals surface area (Å²) in [6, 6.07) is 7.59. The van der Waals surface area contributed by atoms with Crippen LogP contribution in [0.25, 0.3) is 0 Å². The summed E-state index contributed by atoms with van der Waals surface area (Å²) in [5, 5.41) is 0. The molecule has 0 bridgehead atoms. The first-order chi connectivity index (χ1) is 10.7. The van der Waals surface area contributed by atoms with Crippen LogP contribution < -0.4 is 10.5 Å². The Kier molecular flexibility index (Phi) is 3.64. The van der Waals surface area contributed by atoms with Crippen LogP contribution in [0.3, 0.4) is 0 Å². The summed E-state index contributed by atoms with van der Waals surface area (Å²) in [5.74, 6) is 0.691. The van der Waals surface area contributed by atoms with E-state index in [9.17, 15) is 8.42 Å². The smallest absolute Gasteiger partial charge is 0.217 e. The molecule has 2 aromatic carbocycles. The third-order valence-electron chi connectivity index (χ3n) is 4.52. The normalized spacial score (nSPS) is 17.0. The van der Waals surface area contributed by atoms with Gasteiger partial charge in [-0.3, -0.25) is 0 Å². The number of ether oxygens (including phenoxy) is 1. The maximum Gasteiger partial charge on any atom is 0.217 e. The Morgan fingerprint density at radius 2 is 1.78 bits per heavy atom. The first-order valence-corrected chi connectivity index (χ1v) is 9.13. The molecule has 0 aromatic heterocycles. The third-order valence-corrected chi connectivity index (χ3v) is 6.67. The molecule has 2 aromatic rings. The van der Waals surface area contributed by atoms with Crippen LogP contribution in [0.1, 0.15) is 27.8 Å². The number of para-hydroxylation sites is 1. The van der Waals surface area contributed by atoms with Gasteiger partial charge in [0.05, 0.1) is 4.90 Å². The van der Waals surface area contributed by atoms with Crippen LogP contribution in [0.2, 0.25) is 0 Å². The lowest BCUT2D eigenvalue weighted by molar-refractivity contribution is 0.304. The fourth-order valence-corrected chi connectivity index (χ4v) is 5.25. The largest absolute Gasteiger partial charge is 0.473 e. The maximum atomic E-state index is 13.1. The first kappa shape index (κ1) is 15.9. The van der Waals surface area contributed by atoms with E-state index in [0.29, 0.717) is 33.9 Å². The number of nitrogens with two attached hydrogens (primary N) is 1. The molecule has 1 unspecified atom stereocenters. The topological polar surface area (TPSA) is 69.4 Å². The molecule has 0 aliphatic carbocycles.